The van der Waals surface area contributed by atoms with Crippen LogP contribution in [0.15, 0.2) is 64.7 Å². The third-order valence-electron chi connectivity index (χ3n) is 2.57. The fourth-order valence-electron chi connectivity index (χ4n) is 1.61. The van der Waals surface area contributed by atoms with Crippen LogP contribution in [0.1, 0.15) is 15.9 Å². The number of phenols is 1. The minimum absolute atomic E-state index is 0.0219. The van der Waals surface area contributed by atoms with Crippen molar-refractivity contribution in [1.29, 1.82) is 0 Å². The highest BCUT2D eigenvalue weighted by atomic mass is 35.5. The summed E-state index contributed by atoms with van der Waals surface area (Å²) in [6.07, 6.45) is 3.07. The molecular formula is C16H13ClN2O2. The van der Waals surface area contributed by atoms with Gasteiger partial charge in [-0.25, -0.2) is 5.43 Å². The molecule has 2 N–H and O–H groups in total. The highest BCUT2D eigenvalue weighted by Gasteiger charge is 2.04. The van der Waals surface area contributed by atoms with Crippen LogP contribution in [0.5, 0.6) is 5.75 Å². The maximum absolute atomic E-state index is 11.7. The van der Waals surface area contributed by atoms with Crippen molar-refractivity contribution >= 4 is 29.8 Å². The molecule has 0 heterocycles. The third kappa shape index (κ3) is 4.78. The highest BCUT2D eigenvalue weighted by Crippen LogP contribution is 2.11. The molecule has 0 aromatic heterocycles. The van der Waals surface area contributed by atoms with Gasteiger partial charge in [-0.05, 0) is 29.8 Å². The van der Waals surface area contributed by atoms with E-state index in [0.29, 0.717) is 10.6 Å². The molecule has 21 heavy (non-hydrogen) atoms. The molecule has 2 aromatic rings. The number of hydrazone groups is 1. The first-order valence-electron chi connectivity index (χ1n) is 6.20. The van der Waals surface area contributed by atoms with Gasteiger partial charge in [-0.2, -0.15) is 5.10 Å². The first-order chi connectivity index (χ1) is 10.1. The molecule has 0 aliphatic heterocycles. The fraction of sp³-hybridized carbons (Fsp3) is 0. The molecule has 1 amide bonds. The number of carbonyl (C=O) groups is 1. The standard InChI is InChI=1S/C16H13ClN2O2/c17-14(9-12-5-2-1-3-6-12)11-18-19-16(21)13-7-4-8-15(20)10-13/h1-11,20H,(H,19,21)/b14-9-,18-11+. The van der Waals surface area contributed by atoms with Crippen molar-refractivity contribution in [3.05, 3.63) is 70.8 Å². The Morgan fingerprint density at radius 3 is 2.62 bits per heavy atom. The Hall–Kier alpha value is -2.59. The van der Waals surface area contributed by atoms with Crippen LogP contribution in [0.2, 0.25) is 0 Å². The van der Waals surface area contributed by atoms with Gasteiger partial charge in [0, 0.05) is 5.56 Å². The zero-order valence-electron chi connectivity index (χ0n) is 11.0. The smallest absolute Gasteiger partial charge is 0.271 e. The highest BCUT2D eigenvalue weighted by molar-refractivity contribution is 6.41. The normalized spacial score (nSPS) is 11.6. The molecule has 4 nitrogen and oxygen atoms in total. The van der Waals surface area contributed by atoms with Crippen molar-refractivity contribution in [2.24, 2.45) is 5.10 Å². The Balaban J connectivity index is 1.96. The molecule has 0 saturated carbocycles. The van der Waals surface area contributed by atoms with Gasteiger partial charge in [-0.15, -0.1) is 0 Å². The number of carbonyl (C=O) groups excluding carboxylic acids is 1. The second kappa shape index (κ2) is 7.26. The lowest BCUT2D eigenvalue weighted by Gasteiger charge is -2.00. The molecule has 0 aliphatic carbocycles. The van der Waals surface area contributed by atoms with Crippen LogP contribution in [0.4, 0.5) is 0 Å². The summed E-state index contributed by atoms with van der Waals surface area (Å²) < 4.78 is 0. The predicted octanol–water partition coefficient (Wildman–Crippen LogP) is 3.39. The van der Waals surface area contributed by atoms with E-state index in [1.54, 1.807) is 18.2 Å². The zero-order valence-corrected chi connectivity index (χ0v) is 11.8. The summed E-state index contributed by atoms with van der Waals surface area (Å²) in [6.45, 7) is 0. The van der Waals surface area contributed by atoms with Crippen LogP contribution in [-0.2, 0) is 0 Å². The van der Waals surface area contributed by atoms with Crippen molar-refractivity contribution in [1.82, 2.24) is 5.43 Å². The van der Waals surface area contributed by atoms with E-state index in [9.17, 15) is 9.90 Å². The van der Waals surface area contributed by atoms with Crippen LogP contribution in [0, 0.1) is 0 Å². The number of allylic oxidation sites excluding steroid dienone is 1. The van der Waals surface area contributed by atoms with Gasteiger partial charge in [-0.3, -0.25) is 4.79 Å². The van der Waals surface area contributed by atoms with E-state index in [0.717, 1.165) is 5.56 Å². The van der Waals surface area contributed by atoms with Crippen LogP contribution >= 0.6 is 11.6 Å². The molecule has 0 atom stereocenters. The average Bonchev–Trinajstić information content (AvgIpc) is 2.48. The third-order valence-corrected chi connectivity index (χ3v) is 2.77. The molecule has 0 unspecified atom stereocenters. The van der Waals surface area contributed by atoms with E-state index in [1.807, 2.05) is 30.3 Å². The van der Waals surface area contributed by atoms with Crippen LogP contribution in [-0.4, -0.2) is 17.2 Å². The van der Waals surface area contributed by atoms with Gasteiger partial charge in [0.2, 0.25) is 0 Å². The molecule has 0 spiro atoms. The van der Waals surface area contributed by atoms with Crippen LogP contribution < -0.4 is 5.43 Å². The van der Waals surface area contributed by atoms with Crippen molar-refractivity contribution in [2.75, 3.05) is 0 Å². The molecule has 0 bridgehead atoms. The lowest BCUT2D eigenvalue weighted by molar-refractivity contribution is 0.0954. The number of benzene rings is 2. The Bertz CT molecular complexity index is 682. The topological polar surface area (TPSA) is 61.7 Å². The van der Waals surface area contributed by atoms with Gasteiger partial charge in [0.1, 0.15) is 5.75 Å². The molecule has 0 saturated heterocycles. The maximum Gasteiger partial charge on any atom is 0.271 e. The summed E-state index contributed by atoms with van der Waals surface area (Å²) >= 11 is 5.99. The molecular weight excluding hydrogens is 288 g/mol. The summed E-state index contributed by atoms with van der Waals surface area (Å²) in [5, 5.41) is 13.4. The van der Waals surface area contributed by atoms with Crippen molar-refractivity contribution in [3.63, 3.8) is 0 Å². The Kier molecular flexibility index (Phi) is 5.12. The van der Waals surface area contributed by atoms with Gasteiger partial charge >= 0.3 is 0 Å². The molecule has 0 aliphatic rings. The number of phenolic OH excluding ortho intramolecular Hbond substituents is 1. The van der Waals surface area contributed by atoms with E-state index in [2.05, 4.69) is 10.5 Å². The Morgan fingerprint density at radius 2 is 1.90 bits per heavy atom. The molecule has 0 radical (unpaired) electrons. The second-order valence-electron chi connectivity index (χ2n) is 4.19. The molecule has 5 heteroatoms. The summed E-state index contributed by atoms with van der Waals surface area (Å²) in [7, 11) is 0. The molecule has 106 valence electrons. The van der Waals surface area contributed by atoms with Crippen LogP contribution in [0.3, 0.4) is 0 Å². The van der Waals surface area contributed by atoms with E-state index in [4.69, 9.17) is 11.6 Å². The number of halogens is 1. The van der Waals surface area contributed by atoms with Crippen LogP contribution in [0.25, 0.3) is 6.08 Å². The van der Waals surface area contributed by atoms with Crippen molar-refractivity contribution < 1.29 is 9.90 Å². The summed E-state index contributed by atoms with van der Waals surface area (Å²) in [4.78, 5) is 11.7. The van der Waals surface area contributed by atoms with Crippen molar-refractivity contribution in [2.45, 2.75) is 0 Å². The second-order valence-corrected chi connectivity index (χ2v) is 4.63. The Morgan fingerprint density at radius 1 is 1.14 bits per heavy atom. The minimum Gasteiger partial charge on any atom is -0.508 e. The van der Waals surface area contributed by atoms with E-state index in [1.165, 1.54) is 18.3 Å². The first-order valence-corrected chi connectivity index (χ1v) is 6.57. The predicted molar refractivity (Wildman–Crippen MR) is 84.3 cm³/mol. The summed E-state index contributed by atoms with van der Waals surface area (Å²) in [5.74, 6) is -0.403. The van der Waals surface area contributed by atoms with Gasteiger partial charge in [-0.1, -0.05) is 48.0 Å². The van der Waals surface area contributed by atoms with E-state index < -0.39 is 5.91 Å². The number of nitrogens with zero attached hydrogens (tertiary/aromatic N) is 1. The first kappa shape index (κ1) is 14.8. The minimum atomic E-state index is -0.425. The summed E-state index contributed by atoms with van der Waals surface area (Å²) in [6, 6.07) is 15.5. The number of nitrogens with one attached hydrogen (secondary N) is 1. The number of amides is 1. The number of hydrogen-bond donors (Lipinski definition) is 2. The monoisotopic (exact) mass is 300 g/mol. The average molecular weight is 301 g/mol. The van der Waals surface area contributed by atoms with Gasteiger partial charge in [0.05, 0.1) is 11.2 Å². The lowest BCUT2D eigenvalue weighted by Crippen LogP contribution is -2.17. The zero-order chi connectivity index (χ0) is 15.1. The van der Waals surface area contributed by atoms with E-state index >= 15 is 0 Å². The number of rotatable bonds is 4. The fourth-order valence-corrected chi connectivity index (χ4v) is 1.78. The van der Waals surface area contributed by atoms with Gasteiger partial charge in [0.25, 0.3) is 5.91 Å². The number of hydrogen-bond acceptors (Lipinski definition) is 3. The van der Waals surface area contributed by atoms with Gasteiger partial charge in [0.15, 0.2) is 0 Å². The molecule has 2 aromatic carbocycles. The van der Waals surface area contributed by atoms with E-state index in [-0.39, 0.29) is 5.75 Å². The maximum atomic E-state index is 11.7. The molecule has 0 fully saturated rings. The largest absolute Gasteiger partial charge is 0.508 e. The quantitative estimate of drug-likeness (QED) is 0.671. The van der Waals surface area contributed by atoms with Gasteiger partial charge < -0.3 is 5.11 Å². The summed E-state index contributed by atoms with van der Waals surface area (Å²) in [5.41, 5.74) is 3.59. The number of aromatic hydroxyl groups is 1. The lowest BCUT2D eigenvalue weighted by atomic mass is 10.2. The molecule has 2 rings (SSSR count). The van der Waals surface area contributed by atoms with Crippen molar-refractivity contribution in [3.8, 4) is 5.75 Å². The Labute approximate surface area is 127 Å². The SMILES string of the molecule is O=C(N/N=C/C(Cl)=C/c1ccccc1)c1cccc(O)c1.